The van der Waals surface area contributed by atoms with Crippen LogP contribution in [0.2, 0.25) is 0 Å². The normalized spacial score (nSPS) is 10.1. The van der Waals surface area contributed by atoms with Gasteiger partial charge in [-0.05, 0) is 39.1 Å². The largest absolute Gasteiger partial charge is 0.497 e. The molecule has 0 heterocycles. The Bertz CT molecular complexity index is 491. The standard InChI is InChI=1S/C16H25N3O3/c1-4-19(16(21)9-6-10-17-2)12-15(20)18-13-7-5-8-14(11-13)22-3/h5,7-8,11,17H,4,6,9-10,12H2,1-3H3,(H,18,20). The number of hydrogen-bond acceptors (Lipinski definition) is 4. The summed E-state index contributed by atoms with van der Waals surface area (Å²) in [5.74, 6) is 0.462. The summed E-state index contributed by atoms with van der Waals surface area (Å²) < 4.78 is 5.11. The topological polar surface area (TPSA) is 70.7 Å². The lowest BCUT2D eigenvalue weighted by Gasteiger charge is -2.20. The minimum Gasteiger partial charge on any atom is -0.497 e. The second-order valence-electron chi connectivity index (χ2n) is 4.90. The molecule has 0 radical (unpaired) electrons. The van der Waals surface area contributed by atoms with E-state index in [0.717, 1.165) is 13.0 Å². The number of nitrogens with zero attached hydrogens (tertiary/aromatic N) is 1. The summed E-state index contributed by atoms with van der Waals surface area (Å²) in [6.07, 6.45) is 1.21. The zero-order chi connectivity index (χ0) is 16.4. The molecule has 6 heteroatoms. The van der Waals surface area contributed by atoms with Crippen LogP contribution in [0.3, 0.4) is 0 Å². The number of carbonyl (C=O) groups is 2. The van der Waals surface area contributed by atoms with Crippen LogP contribution >= 0.6 is 0 Å². The van der Waals surface area contributed by atoms with E-state index in [1.807, 2.05) is 14.0 Å². The van der Waals surface area contributed by atoms with Gasteiger partial charge in [-0.25, -0.2) is 0 Å². The van der Waals surface area contributed by atoms with Gasteiger partial charge < -0.3 is 20.3 Å². The number of carbonyl (C=O) groups excluding carboxylic acids is 2. The Balaban J connectivity index is 2.51. The molecule has 1 aromatic carbocycles. The number of rotatable bonds is 9. The molecule has 0 spiro atoms. The van der Waals surface area contributed by atoms with Gasteiger partial charge in [-0.3, -0.25) is 9.59 Å². The molecule has 0 atom stereocenters. The monoisotopic (exact) mass is 307 g/mol. The first-order valence-electron chi connectivity index (χ1n) is 7.47. The molecule has 1 aromatic rings. The lowest BCUT2D eigenvalue weighted by Crippen LogP contribution is -2.38. The number of methoxy groups -OCH3 is 1. The summed E-state index contributed by atoms with van der Waals surface area (Å²) in [6, 6.07) is 7.13. The van der Waals surface area contributed by atoms with Gasteiger partial charge in [0, 0.05) is 24.7 Å². The van der Waals surface area contributed by atoms with Gasteiger partial charge >= 0.3 is 0 Å². The second kappa shape index (κ2) is 9.78. The molecule has 22 heavy (non-hydrogen) atoms. The van der Waals surface area contributed by atoms with Gasteiger partial charge in [-0.15, -0.1) is 0 Å². The van der Waals surface area contributed by atoms with Gasteiger partial charge in [0.15, 0.2) is 0 Å². The fourth-order valence-electron chi connectivity index (χ4n) is 2.03. The van der Waals surface area contributed by atoms with Gasteiger partial charge in [0.2, 0.25) is 11.8 Å². The Kier molecular flexibility index (Phi) is 7.99. The van der Waals surface area contributed by atoms with E-state index in [1.54, 1.807) is 36.3 Å². The summed E-state index contributed by atoms with van der Waals surface area (Å²) in [4.78, 5) is 25.7. The third-order valence-electron chi connectivity index (χ3n) is 3.24. The van der Waals surface area contributed by atoms with E-state index in [0.29, 0.717) is 24.4 Å². The van der Waals surface area contributed by atoms with Crippen LogP contribution in [0.15, 0.2) is 24.3 Å². The van der Waals surface area contributed by atoms with Crippen LogP contribution in [0.25, 0.3) is 0 Å². The molecule has 0 aliphatic heterocycles. The van der Waals surface area contributed by atoms with Gasteiger partial charge in [0.05, 0.1) is 13.7 Å². The molecule has 0 bridgehead atoms. The fraction of sp³-hybridized carbons (Fsp3) is 0.500. The number of anilines is 1. The Morgan fingerprint density at radius 1 is 1.32 bits per heavy atom. The quantitative estimate of drug-likeness (QED) is 0.678. The van der Waals surface area contributed by atoms with E-state index in [2.05, 4.69) is 10.6 Å². The maximum Gasteiger partial charge on any atom is 0.243 e. The van der Waals surface area contributed by atoms with E-state index in [9.17, 15) is 9.59 Å². The van der Waals surface area contributed by atoms with Gasteiger partial charge in [0.25, 0.3) is 0 Å². The van der Waals surface area contributed by atoms with Crippen LogP contribution in [-0.4, -0.2) is 50.5 Å². The minimum absolute atomic E-state index is 0.00135. The lowest BCUT2D eigenvalue weighted by atomic mass is 10.2. The van der Waals surface area contributed by atoms with E-state index >= 15 is 0 Å². The summed E-state index contributed by atoms with van der Waals surface area (Å²) in [5.41, 5.74) is 0.656. The van der Waals surface area contributed by atoms with E-state index in [4.69, 9.17) is 4.74 Å². The predicted molar refractivity (Wildman–Crippen MR) is 87.0 cm³/mol. The Hall–Kier alpha value is -2.08. The number of hydrogen-bond donors (Lipinski definition) is 2. The maximum atomic E-state index is 12.1. The van der Waals surface area contributed by atoms with Crippen molar-refractivity contribution in [1.29, 1.82) is 0 Å². The van der Waals surface area contributed by atoms with E-state index < -0.39 is 0 Å². The number of nitrogens with one attached hydrogen (secondary N) is 2. The smallest absolute Gasteiger partial charge is 0.243 e. The number of benzene rings is 1. The third kappa shape index (κ3) is 6.13. The van der Waals surface area contributed by atoms with Crippen molar-refractivity contribution in [2.24, 2.45) is 0 Å². The number of ether oxygens (including phenoxy) is 1. The van der Waals surface area contributed by atoms with Crippen molar-refractivity contribution < 1.29 is 14.3 Å². The van der Waals surface area contributed by atoms with Crippen molar-refractivity contribution in [1.82, 2.24) is 10.2 Å². The average Bonchev–Trinajstić information content (AvgIpc) is 2.52. The summed E-state index contributed by atoms with van der Waals surface area (Å²) >= 11 is 0. The van der Waals surface area contributed by atoms with Gasteiger partial charge in [0.1, 0.15) is 5.75 Å². The molecule has 1 rings (SSSR count). The molecule has 2 amide bonds. The van der Waals surface area contributed by atoms with Crippen molar-refractivity contribution in [2.45, 2.75) is 19.8 Å². The van der Waals surface area contributed by atoms with Crippen molar-refractivity contribution in [3.05, 3.63) is 24.3 Å². The first-order chi connectivity index (χ1) is 10.6. The molecule has 6 nitrogen and oxygen atoms in total. The van der Waals surface area contributed by atoms with Gasteiger partial charge in [-0.2, -0.15) is 0 Å². The fourth-order valence-corrected chi connectivity index (χ4v) is 2.03. The number of likely N-dealkylation sites (N-methyl/N-ethyl adjacent to an activating group) is 1. The Morgan fingerprint density at radius 3 is 2.73 bits per heavy atom. The molecule has 0 saturated carbocycles. The highest BCUT2D eigenvalue weighted by molar-refractivity contribution is 5.94. The zero-order valence-corrected chi connectivity index (χ0v) is 13.5. The third-order valence-corrected chi connectivity index (χ3v) is 3.24. The molecule has 0 aromatic heterocycles. The van der Waals surface area contributed by atoms with Crippen LogP contribution in [0.5, 0.6) is 5.75 Å². The second-order valence-corrected chi connectivity index (χ2v) is 4.90. The van der Waals surface area contributed by atoms with Crippen LogP contribution < -0.4 is 15.4 Å². The van der Waals surface area contributed by atoms with Crippen molar-refractivity contribution in [3.8, 4) is 5.75 Å². The zero-order valence-electron chi connectivity index (χ0n) is 13.5. The van der Waals surface area contributed by atoms with E-state index in [1.165, 1.54) is 0 Å². The summed E-state index contributed by atoms with van der Waals surface area (Å²) in [7, 11) is 3.42. The van der Waals surface area contributed by atoms with Crippen LogP contribution in [-0.2, 0) is 9.59 Å². The van der Waals surface area contributed by atoms with Crippen molar-refractivity contribution in [2.75, 3.05) is 39.1 Å². The first kappa shape index (κ1) is 18.0. The summed E-state index contributed by atoms with van der Waals surface area (Å²) in [6.45, 7) is 3.24. The summed E-state index contributed by atoms with van der Waals surface area (Å²) in [5, 5.41) is 5.78. The molecule has 122 valence electrons. The number of amides is 2. The first-order valence-corrected chi connectivity index (χ1v) is 7.47. The molecule has 2 N–H and O–H groups in total. The maximum absolute atomic E-state index is 12.1. The van der Waals surface area contributed by atoms with Crippen LogP contribution in [0, 0.1) is 0 Å². The lowest BCUT2D eigenvalue weighted by molar-refractivity contribution is -0.134. The average molecular weight is 307 g/mol. The molecular weight excluding hydrogens is 282 g/mol. The Morgan fingerprint density at radius 2 is 2.09 bits per heavy atom. The SMILES string of the molecule is CCN(CC(=O)Nc1cccc(OC)c1)C(=O)CCCNC. The molecule has 0 aliphatic carbocycles. The van der Waals surface area contributed by atoms with Crippen molar-refractivity contribution >= 4 is 17.5 Å². The Labute approximate surface area is 131 Å². The highest BCUT2D eigenvalue weighted by Gasteiger charge is 2.15. The van der Waals surface area contributed by atoms with Crippen LogP contribution in [0.1, 0.15) is 19.8 Å². The van der Waals surface area contributed by atoms with E-state index in [-0.39, 0.29) is 18.4 Å². The molecule has 0 aliphatic rings. The van der Waals surface area contributed by atoms with Crippen LogP contribution in [0.4, 0.5) is 5.69 Å². The van der Waals surface area contributed by atoms with Crippen molar-refractivity contribution in [3.63, 3.8) is 0 Å². The minimum atomic E-state index is -0.211. The molecule has 0 fully saturated rings. The highest BCUT2D eigenvalue weighted by Crippen LogP contribution is 2.16. The molecular formula is C16H25N3O3. The van der Waals surface area contributed by atoms with Gasteiger partial charge in [-0.1, -0.05) is 6.07 Å². The molecule has 0 saturated heterocycles. The predicted octanol–water partition coefficient (Wildman–Crippen LogP) is 1.48. The molecule has 0 unspecified atom stereocenters. The highest BCUT2D eigenvalue weighted by atomic mass is 16.5.